The van der Waals surface area contributed by atoms with Crippen LogP contribution in [0.15, 0.2) is 30.6 Å². The maximum absolute atomic E-state index is 9.24. The van der Waals surface area contributed by atoms with Gasteiger partial charge in [0.2, 0.25) is 0 Å². The summed E-state index contributed by atoms with van der Waals surface area (Å²) >= 11 is 0. The molecule has 2 N–H and O–H groups in total. The highest BCUT2D eigenvalue weighted by Crippen LogP contribution is 2.18. The Balaban J connectivity index is 1.69. The van der Waals surface area contributed by atoms with E-state index in [1.54, 1.807) is 18.5 Å². The minimum Gasteiger partial charge on any atom is -0.508 e. The van der Waals surface area contributed by atoms with Gasteiger partial charge in [-0.3, -0.25) is 4.90 Å². The van der Waals surface area contributed by atoms with E-state index in [1.807, 2.05) is 12.1 Å². The third-order valence-electron chi connectivity index (χ3n) is 3.20. The van der Waals surface area contributed by atoms with Gasteiger partial charge in [-0.05, 0) is 17.7 Å². The van der Waals surface area contributed by atoms with Crippen LogP contribution in [0.3, 0.4) is 0 Å². The van der Waals surface area contributed by atoms with Gasteiger partial charge in [0.25, 0.3) is 0 Å². The summed E-state index contributed by atoms with van der Waals surface area (Å²) in [5.41, 5.74) is 3.66. The molecule has 1 aliphatic heterocycles. The number of fused-ring (bicyclic) bond motifs is 1. The zero-order valence-electron chi connectivity index (χ0n) is 9.56. The van der Waals surface area contributed by atoms with E-state index in [0.29, 0.717) is 5.75 Å². The minimum atomic E-state index is 0.322. The van der Waals surface area contributed by atoms with E-state index in [4.69, 9.17) is 0 Å². The van der Waals surface area contributed by atoms with Crippen LogP contribution in [0.5, 0.6) is 5.75 Å². The van der Waals surface area contributed by atoms with Crippen LogP contribution in [-0.4, -0.2) is 26.5 Å². The highest BCUT2D eigenvalue weighted by atomic mass is 16.3. The van der Waals surface area contributed by atoms with Crippen LogP contribution >= 0.6 is 0 Å². The lowest BCUT2D eigenvalue weighted by molar-refractivity contribution is 0.241. The third kappa shape index (κ3) is 2.17. The van der Waals surface area contributed by atoms with E-state index in [1.165, 1.54) is 17.0 Å². The molecule has 1 aliphatic rings. The lowest BCUT2D eigenvalue weighted by Crippen LogP contribution is -2.30. The first-order valence-electron chi connectivity index (χ1n) is 5.82. The average Bonchev–Trinajstić information content (AvgIpc) is 2.79. The molecule has 0 unspecified atom stereocenters. The first kappa shape index (κ1) is 10.4. The lowest BCUT2D eigenvalue weighted by Gasteiger charge is -2.25. The SMILES string of the molecule is Oc1ccc(CN2CCc3nc[nH]c3C2)cc1. The maximum atomic E-state index is 9.24. The molecule has 2 heterocycles. The van der Waals surface area contributed by atoms with Gasteiger partial charge < -0.3 is 10.1 Å². The first-order chi connectivity index (χ1) is 8.31. The Labute approximate surface area is 99.9 Å². The zero-order valence-corrected chi connectivity index (χ0v) is 9.56. The van der Waals surface area contributed by atoms with Gasteiger partial charge in [-0.2, -0.15) is 0 Å². The molecular formula is C13H15N3O. The molecule has 0 saturated carbocycles. The number of nitrogens with one attached hydrogen (secondary N) is 1. The molecule has 0 spiro atoms. The highest BCUT2D eigenvalue weighted by molar-refractivity contribution is 5.26. The van der Waals surface area contributed by atoms with E-state index < -0.39 is 0 Å². The molecule has 4 heteroatoms. The molecule has 4 nitrogen and oxygen atoms in total. The second kappa shape index (κ2) is 4.22. The lowest BCUT2D eigenvalue weighted by atomic mass is 10.1. The van der Waals surface area contributed by atoms with Crippen molar-refractivity contribution in [2.24, 2.45) is 0 Å². The van der Waals surface area contributed by atoms with Crippen molar-refractivity contribution in [1.29, 1.82) is 0 Å². The third-order valence-corrected chi connectivity index (χ3v) is 3.20. The van der Waals surface area contributed by atoms with Gasteiger partial charge in [-0.15, -0.1) is 0 Å². The van der Waals surface area contributed by atoms with Crippen LogP contribution in [0.25, 0.3) is 0 Å². The highest BCUT2D eigenvalue weighted by Gasteiger charge is 2.17. The van der Waals surface area contributed by atoms with Crippen molar-refractivity contribution < 1.29 is 5.11 Å². The number of aromatic nitrogens is 2. The largest absolute Gasteiger partial charge is 0.508 e. The average molecular weight is 229 g/mol. The van der Waals surface area contributed by atoms with Gasteiger partial charge in [0, 0.05) is 26.1 Å². The fourth-order valence-corrected chi connectivity index (χ4v) is 2.26. The molecule has 1 aromatic carbocycles. The second-order valence-corrected chi connectivity index (χ2v) is 4.45. The van der Waals surface area contributed by atoms with E-state index in [-0.39, 0.29) is 0 Å². The van der Waals surface area contributed by atoms with E-state index in [0.717, 1.165) is 26.1 Å². The minimum absolute atomic E-state index is 0.322. The van der Waals surface area contributed by atoms with Crippen molar-refractivity contribution in [1.82, 2.24) is 14.9 Å². The molecule has 17 heavy (non-hydrogen) atoms. The molecule has 0 amide bonds. The number of H-pyrrole nitrogens is 1. The zero-order chi connectivity index (χ0) is 11.7. The summed E-state index contributed by atoms with van der Waals surface area (Å²) in [6.07, 6.45) is 2.78. The molecule has 0 atom stereocenters. The molecule has 0 radical (unpaired) electrons. The predicted molar refractivity (Wildman–Crippen MR) is 64.5 cm³/mol. The van der Waals surface area contributed by atoms with Crippen molar-refractivity contribution in [2.75, 3.05) is 6.54 Å². The number of imidazole rings is 1. The van der Waals surface area contributed by atoms with Gasteiger partial charge in [0.15, 0.2) is 0 Å². The normalized spacial score (nSPS) is 15.8. The Bertz CT molecular complexity index is 504. The second-order valence-electron chi connectivity index (χ2n) is 4.45. The first-order valence-corrected chi connectivity index (χ1v) is 5.82. The predicted octanol–water partition coefficient (Wildman–Crippen LogP) is 1.67. The standard InChI is InChI=1S/C13H15N3O/c17-11-3-1-10(2-4-11)7-16-6-5-12-13(8-16)15-9-14-12/h1-4,9,17H,5-8H2,(H,14,15). The monoisotopic (exact) mass is 229 g/mol. The smallest absolute Gasteiger partial charge is 0.115 e. The van der Waals surface area contributed by atoms with Gasteiger partial charge in [0.1, 0.15) is 5.75 Å². The number of rotatable bonds is 2. The molecule has 0 aliphatic carbocycles. The molecule has 88 valence electrons. The van der Waals surface area contributed by atoms with Crippen LogP contribution in [0.4, 0.5) is 0 Å². The van der Waals surface area contributed by atoms with Crippen molar-refractivity contribution in [3.8, 4) is 5.75 Å². The van der Waals surface area contributed by atoms with Gasteiger partial charge in [0.05, 0.1) is 17.7 Å². The Morgan fingerprint density at radius 1 is 1.29 bits per heavy atom. The molecule has 0 bridgehead atoms. The fourth-order valence-electron chi connectivity index (χ4n) is 2.26. The number of hydrogen-bond donors (Lipinski definition) is 2. The maximum Gasteiger partial charge on any atom is 0.115 e. The molecule has 0 saturated heterocycles. The number of phenols is 1. The summed E-state index contributed by atoms with van der Waals surface area (Å²) in [5, 5.41) is 9.24. The Kier molecular flexibility index (Phi) is 2.57. The summed E-state index contributed by atoms with van der Waals surface area (Å²) in [5.74, 6) is 0.322. The van der Waals surface area contributed by atoms with Crippen LogP contribution in [0, 0.1) is 0 Å². The van der Waals surface area contributed by atoms with Crippen LogP contribution in [0.1, 0.15) is 17.0 Å². The quantitative estimate of drug-likeness (QED) is 0.823. The molecule has 3 rings (SSSR count). The van der Waals surface area contributed by atoms with Crippen LogP contribution < -0.4 is 0 Å². The van der Waals surface area contributed by atoms with Crippen molar-refractivity contribution in [2.45, 2.75) is 19.5 Å². The van der Waals surface area contributed by atoms with E-state index >= 15 is 0 Å². The van der Waals surface area contributed by atoms with Gasteiger partial charge >= 0.3 is 0 Å². The summed E-state index contributed by atoms with van der Waals surface area (Å²) in [6.45, 7) is 2.88. The van der Waals surface area contributed by atoms with Gasteiger partial charge in [-0.1, -0.05) is 12.1 Å². The van der Waals surface area contributed by atoms with Crippen molar-refractivity contribution in [3.05, 3.63) is 47.5 Å². The Morgan fingerprint density at radius 2 is 2.12 bits per heavy atom. The van der Waals surface area contributed by atoms with Gasteiger partial charge in [-0.25, -0.2) is 4.98 Å². The topological polar surface area (TPSA) is 52.1 Å². The Hall–Kier alpha value is -1.81. The summed E-state index contributed by atoms with van der Waals surface area (Å²) in [6, 6.07) is 7.41. The summed E-state index contributed by atoms with van der Waals surface area (Å²) in [7, 11) is 0. The molecule has 1 aromatic heterocycles. The number of aromatic hydroxyl groups is 1. The molecular weight excluding hydrogens is 214 g/mol. The van der Waals surface area contributed by atoms with Crippen molar-refractivity contribution in [3.63, 3.8) is 0 Å². The van der Waals surface area contributed by atoms with Crippen LogP contribution in [-0.2, 0) is 19.5 Å². The number of phenolic OH excluding ortho intramolecular Hbond substituents is 1. The summed E-state index contributed by atoms with van der Waals surface area (Å²) in [4.78, 5) is 9.87. The van der Waals surface area contributed by atoms with E-state index in [2.05, 4.69) is 14.9 Å². The Morgan fingerprint density at radius 3 is 2.94 bits per heavy atom. The van der Waals surface area contributed by atoms with E-state index in [9.17, 15) is 5.11 Å². The number of aromatic amines is 1. The van der Waals surface area contributed by atoms with Crippen LogP contribution in [0.2, 0.25) is 0 Å². The fraction of sp³-hybridized carbons (Fsp3) is 0.308. The summed E-state index contributed by atoms with van der Waals surface area (Å²) < 4.78 is 0. The van der Waals surface area contributed by atoms with Crippen molar-refractivity contribution >= 4 is 0 Å². The number of nitrogens with zero attached hydrogens (tertiary/aromatic N) is 2. The number of benzene rings is 1. The molecule has 2 aromatic rings. The number of hydrogen-bond acceptors (Lipinski definition) is 3. The molecule has 0 fully saturated rings.